The largest absolute Gasteiger partial charge is 0.388 e. The fraction of sp³-hybridized carbons (Fsp3) is 0.818. The normalized spacial score (nSPS) is 11.2. The Bertz CT molecular complexity index is 279. The SMILES string of the molecule is CCCCN(CCCC)Cc1nnsc1N. The fourth-order valence-electron chi connectivity index (χ4n) is 1.57. The van der Waals surface area contributed by atoms with Gasteiger partial charge in [0.2, 0.25) is 0 Å². The summed E-state index contributed by atoms with van der Waals surface area (Å²) in [6.07, 6.45) is 4.93. The van der Waals surface area contributed by atoms with Gasteiger partial charge < -0.3 is 5.73 Å². The number of unbranched alkanes of at least 4 members (excludes halogenated alkanes) is 2. The third-order valence-electron chi connectivity index (χ3n) is 2.61. The second-order valence-corrected chi connectivity index (χ2v) is 4.85. The maximum Gasteiger partial charge on any atom is 0.132 e. The predicted molar refractivity (Wildman–Crippen MR) is 69.4 cm³/mol. The molecular weight excluding hydrogens is 220 g/mol. The number of hydrogen-bond donors (Lipinski definition) is 1. The van der Waals surface area contributed by atoms with Gasteiger partial charge in [0.1, 0.15) is 10.7 Å². The molecule has 0 bridgehead atoms. The van der Waals surface area contributed by atoms with E-state index in [0.29, 0.717) is 0 Å². The molecule has 0 aliphatic carbocycles. The van der Waals surface area contributed by atoms with Crippen molar-refractivity contribution in [1.82, 2.24) is 14.5 Å². The van der Waals surface area contributed by atoms with E-state index in [1.807, 2.05) is 0 Å². The van der Waals surface area contributed by atoms with Gasteiger partial charge in [0, 0.05) is 18.1 Å². The van der Waals surface area contributed by atoms with Crippen molar-refractivity contribution in [3.8, 4) is 0 Å². The number of anilines is 1. The van der Waals surface area contributed by atoms with Gasteiger partial charge in [-0.05, 0) is 25.9 Å². The van der Waals surface area contributed by atoms with Gasteiger partial charge in [-0.2, -0.15) is 0 Å². The van der Waals surface area contributed by atoms with E-state index in [1.54, 1.807) is 0 Å². The van der Waals surface area contributed by atoms with Crippen LogP contribution in [0.25, 0.3) is 0 Å². The van der Waals surface area contributed by atoms with Crippen molar-refractivity contribution in [3.63, 3.8) is 0 Å². The van der Waals surface area contributed by atoms with E-state index in [4.69, 9.17) is 5.73 Å². The minimum absolute atomic E-state index is 0.762. The molecule has 0 unspecified atom stereocenters. The summed E-state index contributed by atoms with van der Waals surface area (Å²) < 4.78 is 3.88. The van der Waals surface area contributed by atoms with Gasteiger partial charge in [-0.25, -0.2) is 0 Å². The summed E-state index contributed by atoms with van der Waals surface area (Å²) in [6, 6.07) is 0. The van der Waals surface area contributed by atoms with Crippen LogP contribution < -0.4 is 5.73 Å². The predicted octanol–water partition coefficient (Wildman–Crippen LogP) is 2.52. The second-order valence-electron chi connectivity index (χ2n) is 4.07. The Kier molecular flexibility index (Phi) is 6.33. The number of nitrogens with zero attached hydrogens (tertiary/aromatic N) is 3. The molecule has 2 N–H and O–H groups in total. The molecule has 0 saturated heterocycles. The van der Waals surface area contributed by atoms with Gasteiger partial charge in [0.05, 0.1) is 0 Å². The molecule has 4 nitrogen and oxygen atoms in total. The Balaban J connectivity index is 2.45. The smallest absolute Gasteiger partial charge is 0.132 e. The molecule has 1 aromatic heterocycles. The minimum atomic E-state index is 0.762. The molecule has 0 amide bonds. The summed E-state index contributed by atoms with van der Waals surface area (Å²) in [5, 5.41) is 4.84. The van der Waals surface area contributed by atoms with E-state index in [9.17, 15) is 0 Å². The Morgan fingerprint density at radius 1 is 1.19 bits per heavy atom. The van der Waals surface area contributed by atoms with Crippen molar-refractivity contribution in [1.29, 1.82) is 0 Å². The van der Waals surface area contributed by atoms with E-state index >= 15 is 0 Å². The van der Waals surface area contributed by atoms with Crippen LogP contribution in [0, 0.1) is 0 Å². The lowest BCUT2D eigenvalue weighted by Gasteiger charge is -2.20. The summed E-state index contributed by atoms with van der Waals surface area (Å²) in [6.45, 7) is 7.55. The molecule has 0 aromatic carbocycles. The first-order chi connectivity index (χ1) is 7.77. The van der Waals surface area contributed by atoms with Gasteiger partial charge in [-0.15, -0.1) is 5.10 Å². The van der Waals surface area contributed by atoms with Crippen LogP contribution in [0.3, 0.4) is 0 Å². The fourth-order valence-corrected chi connectivity index (χ4v) is 2.01. The Labute approximate surface area is 102 Å². The molecule has 0 radical (unpaired) electrons. The molecule has 1 rings (SSSR count). The maximum absolute atomic E-state index is 5.81. The highest BCUT2D eigenvalue weighted by atomic mass is 32.1. The summed E-state index contributed by atoms with van der Waals surface area (Å²) >= 11 is 1.28. The lowest BCUT2D eigenvalue weighted by Crippen LogP contribution is -2.26. The zero-order chi connectivity index (χ0) is 11.8. The van der Waals surface area contributed by atoms with Crippen molar-refractivity contribution in [2.24, 2.45) is 0 Å². The molecule has 5 heteroatoms. The van der Waals surface area contributed by atoms with E-state index in [0.717, 1.165) is 30.3 Å². The van der Waals surface area contributed by atoms with Gasteiger partial charge in [-0.3, -0.25) is 4.90 Å². The average Bonchev–Trinajstić information content (AvgIpc) is 2.68. The molecule has 0 fully saturated rings. The summed E-state index contributed by atoms with van der Waals surface area (Å²) in [4.78, 5) is 2.43. The van der Waals surface area contributed by atoms with Crippen LogP contribution >= 0.6 is 11.5 Å². The molecule has 0 aliphatic rings. The minimum Gasteiger partial charge on any atom is -0.388 e. The topological polar surface area (TPSA) is 55.0 Å². The first kappa shape index (κ1) is 13.4. The quantitative estimate of drug-likeness (QED) is 0.761. The van der Waals surface area contributed by atoms with Crippen LogP contribution in [0.4, 0.5) is 5.00 Å². The van der Waals surface area contributed by atoms with E-state index in [1.165, 1.54) is 37.2 Å². The van der Waals surface area contributed by atoms with Crippen LogP contribution in [0.1, 0.15) is 45.2 Å². The van der Waals surface area contributed by atoms with Gasteiger partial charge in [0.15, 0.2) is 0 Å². The molecular formula is C11H22N4S. The average molecular weight is 242 g/mol. The highest BCUT2D eigenvalue weighted by Crippen LogP contribution is 2.15. The Morgan fingerprint density at radius 2 is 1.81 bits per heavy atom. The molecule has 16 heavy (non-hydrogen) atoms. The van der Waals surface area contributed by atoms with Crippen molar-refractivity contribution >= 4 is 16.5 Å². The maximum atomic E-state index is 5.81. The second kappa shape index (κ2) is 7.57. The summed E-state index contributed by atoms with van der Waals surface area (Å²) in [5.41, 5.74) is 6.75. The number of nitrogens with two attached hydrogens (primary N) is 1. The van der Waals surface area contributed by atoms with E-state index in [2.05, 4.69) is 28.3 Å². The summed E-state index contributed by atoms with van der Waals surface area (Å²) in [7, 11) is 0. The zero-order valence-electron chi connectivity index (χ0n) is 10.3. The Hall–Kier alpha value is -0.680. The molecule has 0 atom stereocenters. The van der Waals surface area contributed by atoms with Crippen LogP contribution in [-0.4, -0.2) is 27.6 Å². The van der Waals surface area contributed by atoms with E-state index in [-0.39, 0.29) is 0 Å². The number of aromatic nitrogens is 2. The van der Waals surface area contributed by atoms with Gasteiger partial charge >= 0.3 is 0 Å². The first-order valence-electron chi connectivity index (χ1n) is 6.07. The first-order valence-corrected chi connectivity index (χ1v) is 6.84. The lowest BCUT2D eigenvalue weighted by molar-refractivity contribution is 0.254. The zero-order valence-corrected chi connectivity index (χ0v) is 11.1. The number of nitrogen functional groups attached to an aromatic ring is 1. The molecule has 1 aromatic rings. The Morgan fingerprint density at radius 3 is 2.25 bits per heavy atom. The number of hydrogen-bond acceptors (Lipinski definition) is 5. The van der Waals surface area contributed by atoms with Crippen LogP contribution in [0.5, 0.6) is 0 Å². The van der Waals surface area contributed by atoms with E-state index < -0.39 is 0 Å². The third-order valence-corrected chi connectivity index (χ3v) is 3.21. The molecule has 92 valence electrons. The van der Waals surface area contributed by atoms with Crippen molar-refractivity contribution in [2.45, 2.75) is 46.1 Å². The third kappa shape index (κ3) is 4.45. The highest BCUT2D eigenvalue weighted by molar-refractivity contribution is 7.09. The van der Waals surface area contributed by atoms with Crippen LogP contribution in [-0.2, 0) is 6.54 Å². The van der Waals surface area contributed by atoms with Crippen molar-refractivity contribution < 1.29 is 0 Å². The van der Waals surface area contributed by atoms with Crippen molar-refractivity contribution in [2.75, 3.05) is 18.8 Å². The monoisotopic (exact) mass is 242 g/mol. The number of rotatable bonds is 8. The summed E-state index contributed by atoms with van der Waals surface area (Å²) in [5.74, 6) is 0. The van der Waals surface area contributed by atoms with Crippen molar-refractivity contribution in [3.05, 3.63) is 5.69 Å². The molecule has 1 heterocycles. The van der Waals surface area contributed by atoms with Gasteiger partial charge in [-0.1, -0.05) is 31.2 Å². The van der Waals surface area contributed by atoms with Gasteiger partial charge in [0.25, 0.3) is 0 Å². The molecule has 0 saturated carbocycles. The van der Waals surface area contributed by atoms with Crippen LogP contribution in [0.15, 0.2) is 0 Å². The standard InChI is InChI=1S/C11H22N4S/c1-3-5-7-15(8-6-4-2)9-10-11(12)16-14-13-10/h3-9,12H2,1-2H3. The molecule has 0 aliphatic heterocycles. The van der Waals surface area contributed by atoms with Crippen LogP contribution in [0.2, 0.25) is 0 Å². The molecule has 0 spiro atoms. The highest BCUT2D eigenvalue weighted by Gasteiger charge is 2.10. The lowest BCUT2D eigenvalue weighted by atomic mass is 10.2.